The molecular formula is C22H42O10. The van der Waals surface area contributed by atoms with Crippen LogP contribution in [0.1, 0.15) is 64.7 Å². The quantitative estimate of drug-likeness (QED) is 0.189. The normalized spacial score (nSPS) is 38.2. The molecule has 0 radical (unpaired) electrons. The Kier molecular flexibility index (Phi) is 12.9. The zero-order valence-electron chi connectivity index (χ0n) is 19.0. The lowest BCUT2D eigenvalue weighted by Gasteiger charge is -2.44. The van der Waals surface area contributed by atoms with Crippen LogP contribution >= 0.6 is 0 Å². The lowest BCUT2D eigenvalue weighted by atomic mass is 9.98. The fourth-order valence-electron chi connectivity index (χ4n) is 4.13. The van der Waals surface area contributed by atoms with Gasteiger partial charge in [0.15, 0.2) is 12.6 Å². The predicted octanol–water partition coefficient (Wildman–Crippen LogP) is -0.203. The van der Waals surface area contributed by atoms with E-state index in [0.29, 0.717) is 6.61 Å². The molecule has 6 N–H and O–H groups in total. The van der Waals surface area contributed by atoms with Gasteiger partial charge in [-0.2, -0.15) is 0 Å². The van der Waals surface area contributed by atoms with Gasteiger partial charge in [0.05, 0.1) is 19.3 Å². The fourth-order valence-corrected chi connectivity index (χ4v) is 4.13. The van der Waals surface area contributed by atoms with Crippen molar-refractivity contribution in [2.45, 2.75) is 120 Å². The highest BCUT2D eigenvalue weighted by Crippen LogP contribution is 2.29. The second-order valence-electron chi connectivity index (χ2n) is 8.73. The molecule has 190 valence electrons. The monoisotopic (exact) mass is 466 g/mol. The third-order valence-corrected chi connectivity index (χ3v) is 6.13. The summed E-state index contributed by atoms with van der Waals surface area (Å²) in [7, 11) is 0. The van der Waals surface area contributed by atoms with Gasteiger partial charge < -0.3 is 49.6 Å². The molecule has 32 heavy (non-hydrogen) atoms. The van der Waals surface area contributed by atoms with Gasteiger partial charge in [0.2, 0.25) is 0 Å². The highest BCUT2D eigenvalue weighted by molar-refractivity contribution is 4.91. The first-order valence-corrected chi connectivity index (χ1v) is 11.9. The minimum absolute atomic E-state index is 0.107. The van der Waals surface area contributed by atoms with Crippen molar-refractivity contribution in [2.75, 3.05) is 19.8 Å². The van der Waals surface area contributed by atoms with Crippen molar-refractivity contribution >= 4 is 0 Å². The summed E-state index contributed by atoms with van der Waals surface area (Å²) in [5.74, 6) is 0. The third kappa shape index (κ3) is 8.12. The Balaban J connectivity index is 1.75. The van der Waals surface area contributed by atoms with E-state index >= 15 is 0 Å². The maximum atomic E-state index is 10.5. The molecule has 2 aliphatic heterocycles. The molecule has 10 nitrogen and oxygen atoms in total. The average molecular weight is 467 g/mol. The number of aliphatic hydroxyl groups is 6. The van der Waals surface area contributed by atoms with Crippen LogP contribution in [0.4, 0.5) is 0 Å². The largest absolute Gasteiger partial charge is 0.394 e. The molecule has 2 heterocycles. The first kappa shape index (κ1) is 27.8. The number of unbranched alkanes of at least 4 members (excludes halogenated alkanes) is 7. The van der Waals surface area contributed by atoms with Gasteiger partial charge in [0.25, 0.3) is 0 Å². The second kappa shape index (κ2) is 14.8. The summed E-state index contributed by atoms with van der Waals surface area (Å²) in [5, 5.41) is 59.5. The fraction of sp³-hybridized carbons (Fsp3) is 1.00. The Bertz CT molecular complexity index is 493. The molecule has 2 saturated heterocycles. The van der Waals surface area contributed by atoms with E-state index in [1.165, 1.54) is 32.1 Å². The van der Waals surface area contributed by atoms with Gasteiger partial charge in [-0.25, -0.2) is 0 Å². The van der Waals surface area contributed by atoms with Gasteiger partial charge in [-0.15, -0.1) is 0 Å². The highest BCUT2D eigenvalue weighted by Gasteiger charge is 2.48. The first-order valence-electron chi connectivity index (χ1n) is 11.9. The summed E-state index contributed by atoms with van der Waals surface area (Å²) in [6, 6.07) is 0. The van der Waals surface area contributed by atoms with E-state index in [4.69, 9.17) is 18.9 Å². The van der Waals surface area contributed by atoms with Crippen LogP contribution in [-0.4, -0.2) is 106 Å². The van der Waals surface area contributed by atoms with Gasteiger partial charge >= 0.3 is 0 Å². The Hall–Kier alpha value is -0.400. The standard InChI is InChI=1S/C22H42O10/c1-2-3-4-5-6-7-8-9-10-29-17-11-14(25)21(16(13-24)30-17)32-22-20(28)19(27)18(26)15(12-23)31-22/h14-28H,2-13H2,1H3/t14-,15-,16-,17-,18-,19+,20-,21+,22-/m1/s1. The number of rotatable bonds is 14. The van der Waals surface area contributed by atoms with E-state index < -0.39 is 68.5 Å². The van der Waals surface area contributed by atoms with Crippen LogP contribution in [0.2, 0.25) is 0 Å². The SMILES string of the molecule is CCCCCCCCCCO[C@H]1C[C@@H](O)[C@H](O[C@H]2O[C@H](CO)[C@@H](O)[C@H](O)[C@H]2O)[C@@H](CO)O1. The Morgan fingerprint density at radius 2 is 1.38 bits per heavy atom. The van der Waals surface area contributed by atoms with Crippen LogP contribution in [-0.2, 0) is 18.9 Å². The molecule has 0 spiro atoms. The van der Waals surface area contributed by atoms with Crippen molar-refractivity contribution in [2.24, 2.45) is 0 Å². The maximum absolute atomic E-state index is 10.5. The van der Waals surface area contributed by atoms with E-state index in [9.17, 15) is 30.6 Å². The minimum atomic E-state index is -1.60. The minimum Gasteiger partial charge on any atom is -0.394 e. The summed E-state index contributed by atoms with van der Waals surface area (Å²) in [6.07, 6.45) is -1.48. The lowest BCUT2D eigenvalue weighted by Crippen LogP contribution is -2.62. The van der Waals surface area contributed by atoms with Crippen molar-refractivity contribution < 1.29 is 49.6 Å². The molecule has 0 aromatic heterocycles. The summed E-state index contributed by atoms with van der Waals surface area (Å²) in [4.78, 5) is 0. The Morgan fingerprint density at radius 1 is 0.750 bits per heavy atom. The molecular weight excluding hydrogens is 424 g/mol. The first-order chi connectivity index (χ1) is 15.4. The number of aliphatic hydroxyl groups excluding tert-OH is 6. The number of ether oxygens (including phenoxy) is 4. The van der Waals surface area contributed by atoms with Crippen LogP contribution in [0.25, 0.3) is 0 Å². The third-order valence-electron chi connectivity index (χ3n) is 6.13. The van der Waals surface area contributed by atoms with Gasteiger partial charge in [-0.3, -0.25) is 0 Å². The van der Waals surface area contributed by atoms with Crippen molar-refractivity contribution in [1.82, 2.24) is 0 Å². The molecule has 10 heteroatoms. The molecule has 0 aromatic carbocycles. The van der Waals surface area contributed by atoms with Gasteiger partial charge in [0.1, 0.15) is 36.6 Å². The van der Waals surface area contributed by atoms with E-state index in [0.717, 1.165) is 19.3 Å². The van der Waals surface area contributed by atoms with Crippen molar-refractivity contribution in [1.29, 1.82) is 0 Å². The molecule has 0 aromatic rings. The molecule has 0 amide bonds. The zero-order valence-corrected chi connectivity index (χ0v) is 19.0. The van der Waals surface area contributed by atoms with Crippen LogP contribution in [0.15, 0.2) is 0 Å². The van der Waals surface area contributed by atoms with E-state index in [-0.39, 0.29) is 6.42 Å². The topological polar surface area (TPSA) is 158 Å². The molecule has 0 unspecified atom stereocenters. The Labute approximate surface area is 190 Å². The van der Waals surface area contributed by atoms with Crippen molar-refractivity contribution in [3.63, 3.8) is 0 Å². The smallest absolute Gasteiger partial charge is 0.187 e. The van der Waals surface area contributed by atoms with Crippen molar-refractivity contribution in [3.8, 4) is 0 Å². The second-order valence-corrected chi connectivity index (χ2v) is 8.73. The number of hydrogen-bond donors (Lipinski definition) is 6. The predicted molar refractivity (Wildman–Crippen MR) is 114 cm³/mol. The van der Waals surface area contributed by atoms with Gasteiger partial charge in [-0.1, -0.05) is 51.9 Å². The van der Waals surface area contributed by atoms with E-state index in [1.54, 1.807) is 0 Å². The molecule has 0 saturated carbocycles. The summed E-state index contributed by atoms with van der Waals surface area (Å²) >= 11 is 0. The molecule has 2 aliphatic rings. The Morgan fingerprint density at radius 3 is 2.00 bits per heavy atom. The highest BCUT2D eigenvalue weighted by atomic mass is 16.7. The lowest BCUT2D eigenvalue weighted by molar-refractivity contribution is -0.344. The molecule has 0 aliphatic carbocycles. The summed E-state index contributed by atoms with van der Waals surface area (Å²) < 4.78 is 22.4. The average Bonchev–Trinajstić information content (AvgIpc) is 2.79. The zero-order chi connectivity index (χ0) is 23.5. The van der Waals surface area contributed by atoms with Crippen molar-refractivity contribution in [3.05, 3.63) is 0 Å². The molecule has 2 fully saturated rings. The van der Waals surface area contributed by atoms with Crippen LogP contribution in [0.3, 0.4) is 0 Å². The summed E-state index contributed by atoms with van der Waals surface area (Å²) in [5.41, 5.74) is 0. The van der Waals surface area contributed by atoms with E-state index in [1.807, 2.05) is 0 Å². The number of hydrogen-bond acceptors (Lipinski definition) is 10. The van der Waals surface area contributed by atoms with Crippen LogP contribution in [0.5, 0.6) is 0 Å². The molecule has 2 rings (SSSR count). The molecule has 0 bridgehead atoms. The van der Waals surface area contributed by atoms with E-state index in [2.05, 4.69) is 6.92 Å². The van der Waals surface area contributed by atoms with Gasteiger partial charge in [0, 0.05) is 13.0 Å². The molecule has 9 atom stereocenters. The summed E-state index contributed by atoms with van der Waals surface area (Å²) in [6.45, 7) is 1.64. The van der Waals surface area contributed by atoms with Gasteiger partial charge in [-0.05, 0) is 6.42 Å². The maximum Gasteiger partial charge on any atom is 0.187 e. The van der Waals surface area contributed by atoms with Crippen LogP contribution < -0.4 is 0 Å². The van der Waals surface area contributed by atoms with Crippen LogP contribution in [0, 0.1) is 0 Å².